The molecule has 2 nitrogen and oxygen atoms in total. The number of hydrogen-bond acceptors (Lipinski definition) is 1. The Labute approximate surface area is 42.8 Å². The monoisotopic (exact) mass is 94.1 g/mol. The average molecular weight is 94.1 g/mol. The van der Waals surface area contributed by atoms with E-state index < -0.39 is 0 Å². The molecule has 0 N–H and O–H groups in total. The number of imidazole rings is 1. The van der Waals surface area contributed by atoms with Crippen LogP contribution in [0.3, 0.4) is 0 Å². The Morgan fingerprint density at radius 2 is 2.57 bits per heavy atom. The van der Waals surface area contributed by atoms with Gasteiger partial charge < -0.3 is 4.57 Å². The summed E-state index contributed by atoms with van der Waals surface area (Å²) in [6.07, 6.45) is 3.37. The van der Waals surface area contributed by atoms with Crippen molar-refractivity contribution >= 4 is 0 Å². The normalized spacial score (nSPS) is 9.43. The lowest BCUT2D eigenvalue weighted by atomic mass is 10.7. The molecule has 0 aliphatic heterocycles. The molecular weight excluding hydrogens is 88.1 g/mol. The zero-order valence-corrected chi connectivity index (χ0v) is 4.13. The highest BCUT2D eigenvalue weighted by Gasteiger charge is 1.84. The third kappa shape index (κ3) is 0.633. The van der Waals surface area contributed by atoms with Crippen molar-refractivity contribution in [1.82, 2.24) is 9.55 Å². The van der Waals surface area contributed by atoms with Gasteiger partial charge in [0.15, 0.2) is 0 Å². The van der Waals surface area contributed by atoms with Gasteiger partial charge in [-0.3, -0.25) is 0 Å². The van der Waals surface area contributed by atoms with Gasteiger partial charge in [0.1, 0.15) is 5.82 Å². The molecule has 0 aliphatic carbocycles. The van der Waals surface area contributed by atoms with Crippen molar-refractivity contribution in [2.45, 2.75) is 6.92 Å². The van der Waals surface area contributed by atoms with Crippen molar-refractivity contribution in [1.29, 1.82) is 0 Å². The summed E-state index contributed by atoms with van der Waals surface area (Å²) in [5.74, 6) is 0.833. The number of hydrogen-bond donors (Lipinski definition) is 0. The molecule has 0 saturated heterocycles. The maximum atomic E-state index is 5.29. The Balaban J connectivity index is 3.12. The van der Waals surface area contributed by atoms with Crippen molar-refractivity contribution in [2.24, 2.45) is 0 Å². The van der Waals surface area contributed by atoms with Crippen LogP contribution in [0.1, 0.15) is 5.82 Å². The highest BCUT2D eigenvalue weighted by molar-refractivity contribution is 4.88. The van der Waals surface area contributed by atoms with Crippen LogP contribution in [0.25, 0.3) is 0 Å². The third-order valence-electron chi connectivity index (χ3n) is 0.862. The Hall–Kier alpha value is -0.790. The van der Waals surface area contributed by atoms with Crippen molar-refractivity contribution < 1.29 is 0 Å². The van der Waals surface area contributed by atoms with E-state index >= 15 is 0 Å². The zero-order chi connectivity index (χ0) is 5.28. The van der Waals surface area contributed by atoms with Crippen LogP contribution in [0.15, 0.2) is 12.4 Å². The van der Waals surface area contributed by atoms with Gasteiger partial charge in [0.05, 0.1) is 7.05 Å². The lowest BCUT2D eigenvalue weighted by Gasteiger charge is -1.86. The fourth-order valence-corrected chi connectivity index (χ4v) is 0.388. The minimum Gasteiger partial charge on any atom is -0.328 e. The van der Waals surface area contributed by atoms with Crippen LogP contribution < -0.4 is 0 Å². The lowest BCUT2D eigenvalue weighted by molar-refractivity contribution is 0.975. The summed E-state index contributed by atoms with van der Waals surface area (Å²) in [5, 5.41) is 0. The van der Waals surface area contributed by atoms with Crippen molar-refractivity contribution in [2.75, 3.05) is 0 Å². The Morgan fingerprint density at radius 3 is 2.71 bits per heavy atom. The summed E-state index contributed by atoms with van der Waals surface area (Å²) in [6.45, 7) is 1.85. The van der Waals surface area contributed by atoms with Crippen LogP contribution >= 0.6 is 0 Å². The van der Waals surface area contributed by atoms with Gasteiger partial charge in [0.25, 0.3) is 0 Å². The van der Waals surface area contributed by atoms with E-state index in [1.807, 2.05) is 6.92 Å². The van der Waals surface area contributed by atoms with E-state index in [-0.39, 0.29) is 0 Å². The highest BCUT2D eigenvalue weighted by Crippen LogP contribution is 1.88. The summed E-state index contributed by atoms with van der Waals surface area (Å²) < 4.78 is 1.47. The first-order chi connectivity index (χ1) is 3.30. The third-order valence-corrected chi connectivity index (χ3v) is 0.862. The van der Waals surface area contributed by atoms with Gasteiger partial charge in [0.2, 0.25) is 0 Å². The Bertz CT molecular complexity index is 138. The molecule has 0 amide bonds. The molecule has 1 heterocycles. The lowest BCUT2D eigenvalue weighted by Crippen LogP contribution is -1.84. The van der Waals surface area contributed by atoms with Gasteiger partial charge in [-0.15, -0.1) is 0 Å². The predicted octanol–water partition coefficient (Wildman–Crippen LogP) is 0.708. The first-order valence-electron chi connectivity index (χ1n) is 2.06. The van der Waals surface area contributed by atoms with E-state index in [2.05, 4.69) is 4.98 Å². The summed E-state index contributed by atoms with van der Waals surface area (Å²) in [5.41, 5.74) is 0. The standard InChI is InChI=1S/C5H6N2/c1-5-6-3-4-7(5)2/h2-4H,1H3. The van der Waals surface area contributed by atoms with Crippen LogP contribution in [-0.2, 0) is 0 Å². The maximum absolute atomic E-state index is 5.29. The first-order valence-corrected chi connectivity index (χ1v) is 2.06. The maximum Gasteiger partial charge on any atom is 0.105 e. The van der Waals surface area contributed by atoms with Crippen molar-refractivity contribution in [3.05, 3.63) is 25.3 Å². The summed E-state index contributed by atoms with van der Waals surface area (Å²) >= 11 is 0. The van der Waals surface area contributed by atoms with E-state index in [9.17, 15) is 0 Å². The van der Waals surface area contributed by atoms with Crippen molar-refractivity contribution in [3.63, 3.8) is 0 Å². The van der Waals surface area contributed by atoms with Crippen LogP contribution in [0, 0.1) is 14.0 Å². The van der Waals surface area contributed by atoms with Gasteiger partial charge in [-0.25, -0.2) is 4.98 Å². The molecule has 1 aromatic rings. The van der Waals surface area contributed by atoms with Gasteiger partial charge in [-0.05, 0) is 6.92 Å². The second-order valence-electron chi connectivity index (χ2n) is 1.38. The number of rotatable bonds is 0. The van der Waals surface area contributed by atoms with Crippen LogP contribution in [0.5, 0.6) is 0 Å². The average Bonchev–Trinajstić information content (AvgIpc) is 1.91. The molecule has 0 saturated carbocycles. The molecule has 7 heavy (non-hydrogen) atoms. The number of aryl methyl sites for hydroxylation is 1. The van der Waals surface area contributed by atoms with E-state index in [1.54, 1.807) is 12.4 Å². The fourth-order valence-electron chi connectivity index (χ4n) is 0.388. The molecule has 0 aromatic carbocycles. The molecule has 0 spiro atoms. The molecule has 1 rings (SSSR count). The summed E-state index contributed by atoms with van der Waals surface area (Å²) in [7, 11) is 5.29. The van der Waals surface area contributed by atoms with Gasteiger partial charge in [-0.1, -0.05) is 0 Å². The smallest absolute Gasteiger partial charge is 0.105 e. The molecule has 0 aliphatic rings. The molecule has 1 aromatic heterocycles. The SMILES string of the molecule is [CH]n1ccnc1C. The van der Waals surface area contributed by atoms with Crippen LogP contribution in [-0.4, -0.2) is 9.55 Å². The summed E-state index contributed by atoms with van der Waals surface area (Å²) in [4.78, 5) is 3.85. The molecular formula is C5H6N2. The van der Waals surface area contributed by atoms with Crippen LogP contribution in [0.4, 0.5) is 0 Å². The van der Waals surface area contributed by atoms with E-state index in [4.69, 9.17) is 7.05 Å². The van der Waals surface area contributed by atoms with Gasteiger partial charge >= 0.3 is 0 Å². The van der Waals surface area contributed by atoms with E-state index in [1.165, 1.54) is 4.57 Å². The molecule has 0 atom stereocenters. The molecule has 0 bridgehead atoms. The van der Waals surface area contributed by atoms with Crippen molar-refractivity contribution in [3.8, 4) is 0 Å². The van der Waals surface area contributed by atoms with E-state index in [0.717, 1.165) is 5.82 Å². The van der Waals surface area contributed by atoms with E-state index in [0.29, 0.717) is 0 Å². The number of nitrogens with zero attached hydrogens (tertiary/aromatic N) is 2. The summed E-state index contributed by atoms with van der Waals surface area (Å²) in [6, 6.07) is 0. The molecule has 36 valence electrons. The fraction of sp³-hybridized carbons (Fsp3) is 0.200. The highest BCUT2D eigenvalue weighted by atomic mass is 15.0. The minimum atomic E-state index is 0.833. The Kier molecular flexibility index (Phi) is 0.855. The largest absolute Gasteiger partial charge is 0.328 e. The van der Waals surface area contributed by atoms with Gasteiger partial charge in [0, 0.05) is 12.4 Å². The second kappa shape index (κ2) is 1.37. The topological polar surface area (TPSA) is 17.8 Å². The van der Waals surface area contributed by atoms with Gasteiger partial charge in [-0.2, -0.15) is 0 Å². The molecule has 0 unspecified atom stereocenters. The first kappa shape index (κ1) is 4.37. The zero-order valence-electron chi connectivity index (χ0n) is 4.13. The molecule has 2 radical (unpaired) electrons. The minimum absolute atomic E-state index is 0.833. The van der Waals surface area contributed by atoms with Crippen LogP contribution in [0.2, 0.25) is 0 Å². The molecule has 0 fully saturated rings. The second-order valence-corrected chi connectivity index (χ2v) is 1.38. The predicted molar refractivity (Wildman–Crippen MR) is 26.7 cm³/mol. The quantitative estimate of drug-likeness (QED) is 0.463. The number of aromatic nitrogens is 2. The molecule has 2 heteroatoms. The Morgan fingerprint density at radius 1 is 1.86 bits per heavy atom.